The molecule has 1 unspecified atom stereocenters. The number of carbonyl (C=O) groups is 1. The van der Waals surface area contributed by atoms with Gasteiger partial charge in [-0.25, -0.2) is 9.55 Å². The molecule has 5 atom stereocenters. The first-order valence-electron chi connectivity index (χ1n) is 10.4. The standard InChI is InChI=1S/C18H28N5O10PS/c1-17(2,7-24)15(27)35-5-4-31-34(29,30)32-6-9-11(25)18(3,28)14(33-9)23-8-20-10-12(23)21-16(19)22-13(10)26/h8-9,11,14,24-25,28H,4-7H2,1-3H3,(H,29,30)(H3,19,21,22,26)/t9-,11-,14-,18-/m1/s1. The van der Waals surface area contributed by atoms with Crippen LogP contribution in [0.25, 0.3) is 11.2 Å². The Labute approximate surface area is 203 Å². The molecule has 0 saturated carbocycles. The average Bonchev–Trinajstić information content (AvgIpc) is 3.28. The van der Waals surface area contributed by atoms with E-state index in [0.29, 0.717) is 0 Å². The topological polar surface area (TPSA) is 232 Å². The lowest BCUT2D eigenvalue weighted by Crippen LogP contribution is -2.44. The van der Waals surface area contributed by atoms with Gasteiger partial charge in [0.1, 0.15) is 17.8 Å². The largest absolute Gasteiger partial charge is 0.472 e. The van der Waals surface area contributed by atoms with Crippen molar-refractivity contribution in [2.45, 2.75) is 44.8 Å². The SMILES string of the molecule is CC(C)(CO)C(=O)SCCOP(=O)(O)OC[C@H]1O[C@@H](n2cnc3c(=O)[nH]c(N)nc32)[C@](C)(O)[C@@H]1O. The van der Waals surface area contributed by atoms with Gasteiger partial charge in [0.05, 0.1) is 31.6 Å². The molecule has 1 aliphatic rings. The summed E-state index contributed by atoms with van der Waals surface area (Å²) in [6.45, 7) is 3.12. The summed E-state index contributed by atoms with van der Waals surface area (Å²) in [7, 11) is -4.59. The second-order valence-corrected chi connectivity index (χ2v) is 11.3. The summed E-state index contributed by atoms with van der Waals surface area (Å²) >= 11 is 0.836. The molecule has 0 bridgehead atoms. The number of rotatable bonds is 10. The van der Waals surface area contributed by atoms with Gasteiger partial charge in [-0.15, -0.1) is 0 Å². The molecule has 0 amide bonds. The zero-order valence-electron chi connectivity index (χ0n) is 19.2. The van der Waals surface area contributed by atoms with Crippen LogP contribution < -0.4 is 11.3 Å². The Hall–Kier alpha value is -1.88. The van der Waals surface area contributed by atoms with E-state index in [0.717, 1.165) is 11.8 Å². The van der Waals surface area contributed by atoms with Gasteiger partial charge in [0, 0.05) is 5.75 Å². The molecule has 3 heterocycles. The third-order valence-electron chi connectivity index (χ3n) is 5.38. The second-order valence-electron chi connectivity index (χ2n) is 8.75. The van der Waals surface area contributed by atoms with E-state index in [1.54, 1.807) is 13.8 Å². The highest BCUT2D eigenvalue weighted by atomic mass is 32.2. The van der Waals surface area contributed by atoms with Crippen molar-refractivity contribution in [1.29, 1.82) is 0 Å². The number of fused-ring (bicyclic) bond motifs is 1. The van der Waals surface area contributed by atoms with Crippen LogP contribution in [-0.2, 0) is 23.1 Å². The highest BCUT2D eigenvalue weighted by Crippen LogP contribution is 2.46. The molecule has 2 aromatic rings. The fourth-order valence-corrected chi connectivity index (χ4v) is 4.91. The summed E-state index contributed by atoms with van der Waals surface area (Å²) in [5.74, 6) is -0.154. The summed E-state index contributed by atoms with van der Waals surface area (Å²) in [5, 5.41) is 30.3. The Balaban J connectivity index is 1.61. The first kappa shape index (κ1) is 27.7. The summed E-state index contributed by atoms with van der Waals surface area (Å²) < 4.78 is 28.8. The predicted molar refractivity (Wildman–Crippen MR) is 123 cm³/mol. The number of imidazole rings is 1. The number of thioether (sulfide) groups is 1. The van der Waals surface area contributed by atoms with Gasteiger partial charge in [0.15, 0.2) is 22.5 Å². The summed E-state index contributed by atoms with van der Waals surface area (Å²) in [4.78, 5) is 44.1. The molecule has 35 heavy (non-hydrogen) atoms. The number of ether oxygens (including phenoxy) is 1. The minimum atomic E-state index is -4.59. The van der Waals surface area contributed by atoms with Gasteiger partial charge < -0.3 is 30.7 Å². The molecule has 7 N–H and O–H groups in total. The molecule has 3 rings (SSSR count). The fraction of sp³-hybridized carbons (Fsp3) is 0.667. The van der Waals surface area contributed by atoms with Crippen molar-refractivity contribution in [3.05, 3.63) is 16.7 Å². The van der Waals surface area contributed by atoms with Gasteiger partial charge in [-0.05, 0) is 20.8 Å². The molecule has 0 aliphatic carbocycles. The Bertz CT molecular complexity index is 1180. The number of phosphoric acid groups is 1. The molecule has 1 aliphatic heterocycles. The van der Waals surface area contributed by atoms with Gasteiger partial charge in [-0.3, -0.25) is 28.2 Å². The Morgan fingerprint density at radius 2 is 2.14 bits per heavy atom. The summed E-state index contributed by atoms with van der Waals surface area (Å²) in [5.41, 5.74) is 2.01. The molecule has 17 heteroatoms. The van der Waals surface area contributed by atoms with Crippen LogP contribution in [0.3, 0.4) is 0 Å². The molecule has 15 nitrogen and oxygen atoms in total. The summed E-state index contributed by atoms with van der Waals surface area (Å²) in [6, 6.07) is 0. The van der Waals surface area contributed by atoms with E-state index in [1.165, 1.54) is 17.8 Å². The smallest absolute Gasteiger partial charge is 0.395 e. The molecule has 0 aromatic carbocycles. The second kappa shape index (κ2) is 10.2. The maximum atomic E-state index is 12.2. The quantitative estimate of drug-likeness (QED) is 0.160. The molecule has 2 aromatic heterocycles. The number of hydrogen-bond donors (Lipinski definition) is 6. The Kier molecular flexibility index (Phi) is 8.10. The third-order valence-corrected chi connectivity index (χ3v) is 7.55. The molecule has 0 spiro atoms. The first-order chi connectivity index (χ1) is 16.2. The number of aliphatic hydroxyl groups is 3. The normalized spacial score (nSPS) is 26.8. The van der Waals surface area contributed by atoms with Gasteiger partial charge in [0.25, 0.3) is 5.56 Å². The van der Waals surface area contributed by atoms with Crippen molar-refractivity contribution in [2.75, 3.05) is 31.3 Å². The van der Waals surface area contributed by atoms with Crippen LogP contribution in [0.1, 0.15) is 27.0 Å². The van der Waals surface area contributed by atoms with Gasteiger partial charge in [-0.1, -0.05) is 11.8 Å². The Morgan fingerprint density at radius 1 is 1.46 bits per heavy atom. The lowest BCUT2D eigenvalue weighted by atomic mass is 9.96. The van der Waals surface area contributed by atoms with Crippen LogP contribution in [0.15, 0.2) is 11.1 Å². The minimum Gasteiger partial charge on any atom is -0.395 e. The number of anilines is 1. The first-order valence-corrected chi connectivity index (χ1v) is 12.9. The van der Waals surface area contributed by atoms with E-state index in [1.807, 2.05) is 0 Å². The van der Waals surface area contributed by atoms with Crippen molar-refractivity contribution in [1.82, 2.24) is 19.5 Å². The van der Waals surface area contributed by atoms with Crippen LogP contribution >= 0.6 is 19.6 Å². The van der Waals surface area contributed by atoms with E-state index in [9.17, 15) is 34.4 Å². The number of hydrogen-bond acceptors (Lipinski definition) is 13. The fourth-order valence-electron chi connectivity index (χ4n) is 3.24. The van der Waals surface area contributed by atoms with E-state index in [-0.39, 0.29) is 41.2 Å². The zero-order valence-corrected chi connectivity index (χ0v) is 20.9. The summed E-state index contributed by atoms with van der Waals surface area (Å²) in [6.07, 6.45) is -2.95. The molecular weight excluding hydrogens is 509 g/mol. The van der Waals surface area contributed by atoms with E-state index < -0.39 is 49.4 Å². The number of aromatic amines is 1. The van der Waals surface area contributed by atoms with Crippen LogP contribution in [0.4, 0.5) is 5.95 Å². The zero-order chi connectivity index (χ0) is 26.2. The number of nitrogen functional groups attached to an aromatic ring is 1. The third kappa shape index (κ3) is 5.93. The molecule has 196 valence electrons. The van der Waals surface area contributed by atoms with E-state index >= 15 is 0 Å². The van der Waals surface area contributed by atoms with Gasteiger partial charge in [-0.2, -0.15) is 4.98 Å². The lowest BCUT2D eigenvalue weighted by molar-refractivity contribution is -0.119. The van der Waals surface area contributed by atoms with Gasteiger partial charge >= 0.3 is 7.82 Å². The highest BCUT2D eigenvalue weighted by molar-refractivity contribution is 8.13. The van der Waals surface area contributed by atoms with Crippen molar-refractivity contribution in [3.8, 4) is 0 Å². The van der Waals surface area contributed by atoms with E-state index in [4.69, 9.17) is 19.5 Å². The van der Waals surface area contributed by atoms with Crippen molar-refractivity contribution in [3.63, 3.8) is 0 Å². The maximum absolute atomic E-state index is 12.2. The average molecular weight is 537 g/mol. The van der Waals surface area contributed by atoms with Crippen molar-refractivity contribution >= 4 is 41.8 Å². The highest BCUT2D eigenvalue weighted by Gasteiger charge is 2.54. The van der Waals surface area contributed by atoms with Crippen molar-refractivity contribution in [2.24, 2.45) is 5.41 Å². The van der Waals surface area contributed by atoms with Gasteiger partial charge in [0.2, 0.25) is 5.95 Å². The van der Waals surface area contributed by atoms with Crippen LogP contribution in [0.2, 0.25) is 0 Å². The van der Waals surface area contributed by atoms with Crippen LogP contribution in [-0.4, -0.2) is 88.2 Å². The monoisotopic (exact) mass is 537 g/mol. The van der Waals surface area contributed by atoms with Crippen molar-refractivity contribution < 1.29 is 43.4 Å². The minimum absolute atomic E-state index is 0.00196. The molecule has 0 radical (unpaired) electrons. The number of H-pyrrole nitrogens is 1. The van der Waals surface area contributed by atoms with Crippen LogP contribution in [0, 0.1) is 5.41 Å². The number of aromatic nitrogens is 4. The van der Waals surface area contributed by atoms with Crippen LogP contribution in [0.5, 0.6) is 0 Å². The number of carbonyl (C=O) groups excluding carboxylic acids is 1. The maximum Gasteiger partial charge on any atom is 0.472 e. The number of phosphoric ester groups is 1. The predicted octanol–water partition coefficient (Wildman–Crippen LogP) is -0.877. The lowest BCUT2D eigenvalue weighted by Gasteiger charge is -2.27. The number of aliphatic hydroxyl groups excluding tert-OH is 2. The van der Waals surface area contributed by atoms with E-state index in [2.05, 4.69) is 15.0 Å². The molecule has 1 fully saturated rings. The number of nitrogens with zero attached hydrogens (tertiary/aromatic N) is 3. The molecular formula is C18H28N5O10PS. The Morgan fingerprint density at radius 3 is 2.80 bits per heavy atom. The number of nitrogens with two attached hydrogens (primary N) is 1. The molecule has 1 saturated heterocycles. The number of nitrogens with one attached hydrogen (secondary N) is 1.